The minimum absolute atomic E-state index is 0. The van der Waals surface area contributed by atoms with Crippen molar-refractivity contribution in [2.75, 3.05) is 0 Å². The number of benzene rings is 1. The van der Waals surface area contributed by atoms with Crippen LogP contribution in [0.5, 0.6) is 0 Å². The zero-order valence-corrected chi connectivity index (χ0v) is 11.2. The molecule has 0 aliphatic rings. The molecule has 0 amide bonds. The summed E-state index contributed by atoms with van der Waals surface area (Å²) in [6, 6.07) is 12.5. The second-order valence-corrected chi connectivity index (χ2v) is 1.08. The van der Waals surface area contributed by atoms with E-state index in [2.05, 4.69) is 6.07 Å². The summed E-state index contributed by atoms with van der Waals surface area (Å²) >= 11 is 0. The predicted octanol–water partition coefficient (Wildman–Crippen LogP) is 0.971. The molecule has 0 bridgehead atoms. The molecule has 0 aliphatic carbocycles. The maximum Gasteiger partial charge on any atom is 0 e. The summed E-state index contributed by atoms with van der Waals surface area (Å²) in [4.78, 5) is 0. The van der Waals surface area contributed by atoms with Crippen LogP contribution in [0.2, 0.25) is 0 Å². The summed E-state index contributed by atoms with van der Waals surface area (Å²) in [5.41, 5.74) is 0. The van der Waals surface area contributed by atoms with Crippen LogP contribution >= 0.6 is 0 Å². The first kappa shape index (κ1) is 11.7. The van der Waals surface area contributed by atoms with E-state index in [1.165, 1.54) is 0 Å². The third kappa shape index (κ3) is 5.13. The van der Waals surface area contributed by atoms with Gasteiger partial charge in [-0.15, -0.1) is 0 Å². The second-order valence-electron chi connectivity index (χ2n) is 1.08. The van der Waals surface area contributed by atoms with Crippen molar-refractivity contribution in [1.29, 1.82) is 0 Å². The quantitative estimate of drug-likeness (QED) is 0.470. The molecule has 0 saturated heterocycles. The van der Waals surface area contributed by atoms with Crippen LogP contribution in [0.4, 0.5) is 0 Å². The van der Waals surface area contributed by atoms with Gasteiger partial charge in [0.25, 0.3) is 0 Å². The van der Waals surface area contributed by atoms with Crippen LogP contribution < -0.4 is 0 Å². The summed E-state index contributed by atoms with van der Waals surface area (Å²) in [5.74, 6) is 0. The summed E-state index contributed by atoms with van der Waals surface area (Å²) < 4.78 is 0. The maximum absolute atomic E-state index is 2.89. The Bertz CT molecular complexity index is 83.0. The van der Waals surface area contributed by atoms with E-state index >= 15 is 0 Å². The van der Waals surface area contributed by atoms with Gasteiger partial charge in [-0.2, -0.15) is 0 Å². The molecule has 0 nitrogen and oxygen atoms in total. The van der Waals surface area contributed by atoms with Crippen molar-refractivity contribution in [1.82, 2.24) is 0 Å². The molecule has 41 valence electrons. The van der Waals surface area contributed by atoms with Crippen molar-refractivity contribution in [3.63, 3.8) is 0 Å². The molecule has 1 rings (SSSR count). The zero-order valence-electron chi connectivity index (χ0n) is 4.28. The van der Waals surface area contributed by atoms with Gasteiger partial charge in [0.1, 0.15) is 0 Å². The molecule has 2 heteroatoms. The van der Waals surface area contributed by atoms with E-state index in [1.54, 1.807) is 0 Å². The fraction of sp³-hybridized carbons (Fsp3) is 0. The fourth-order valence-electron chi connectivity index (χ4n) is 0.342. The second kappa shape index (κ2) is 7.99. The third-order valence-corrected chi connectivity index (χ3v) is 0.607. The molecule has 1 aromatic carbocycles. The summed E-state index contributed by atoms with van der Waals surface area (Å²) in [6.07, 6.45) is 0. The van der Waals surface area contributed by atoms with Crippen LogP contribution in [0.1, 0.15) is 1.43 Å². The molecule has 7 radical (unpaired) electrons. The van der Waals surface area contributed by atoms with Crippen LogP contribution in [-0.4, -0.2) is 52.4 Å². The molecule has 0 spiro atoms. The van der Waals surface area contributed by atoms with Gasteiger partial charge in [-0.25, -0.2) is 0 Å². The van der Waals surface area contributed by atoms with Crippen LogP contribution in [-0.2, 0) is 0 Å². The van der Waals surface area contributed by atoms with Gasteiger partial charge in [-0.05, 0) is 6.07 Å². The number of hydrogen-bond acceptors (Lipinski definition) is 0. The number of rotatable bonds is 0. The molecule has 0 aromatic heterocycles. The topological polar surface area (TPSA) is 0 Å². The average Bonchev–Trinajstić information content (AvgIpc) is 1.72. The summed E-state index contributed by atoms with van der Waals surface area (Å²) in [5, 5.41) is 0. The van der Waals surface area contributed by atoms with Crippen molar-refractivity contribution < 1.29 is 1.43 Å². The summed E-state index contributed by atoms with van der Waals surface area (Å²) in [7, 11) is 0. The van der Waals surface area contributed by atoms with Gasteiger partial charge in [-0.3, -0.25) is 0 Å². The van der Waals surface area contributed by atoms with E-state index in [1.807, 2.05) is 30.3 Å². The van der Waals surface area contributed by atoms with Crippen LogP contribution in [0.15, 0.2) is 30.3 Å². The van der Waals surface area contributed by atoms with E-state index in [-0.39, 0.29) is 53.8 Å². The minimum atomic E-state index is 0. The minimum Gasteiger partial charge on any atom is -0.0622 e. The van der Waals surface area contributed by atoms with Crippen molar-refractivity contribution in [2.45, 2.75) is 0 Å². The Morgan fingerprint density at radius 2 is 1.38 bits per heavy atom. The van der Waals surface area contributed by atoms with E-state index in [0.717, 1.165) is 0 Å². The Kier molecular flexibility index (Phi) is 11.7. The van der Waals surface area contributed by atoms with Crippen molar-refractivity contribution >= 4 is 52.4 Å². The van der Waals surface area contributed by atoms with Gasteiger partial charge in [0, 0.05) is 53.8 Å². The summed E-state index contributed by atoms with van der Waals surface area (Å²) in [6.45, 7) is 0. The monoisotopic (exact) mass is 497 g/mol. The van der Waals surface area contributed by atoms with Gasteiger partial charge in [0.15, 0.2) is 0 Å². The first-order valence-electron chi connectivity index (χ1n) is 1.91. The molecule has 1 aromatic rings. The van der Waals surface area contributed by atoms with Gasteiger partial charge in [-0.1, -0.05) is 30.3 Å². The van der Waals surface area contributed by atoms with Crippen LogP contribution in [0, 0.1) is 6.07 Å². The molecule has 8 heavy (non-hydrogen) atoms. The zero-order chi connectivity index (χ0) is 4.24. The van der Waals surface area contributed by atoms with Gasteiger partial charge < -0.3 is 0 Å². The Morgan fingerprint density at radius 1 is 0.875 bits per heavy atom. The first-order chi connectivity index (χ1) is 3.00. The molecule has 0 saturated carbocycles. The Morgan fingerprint density at radius 3 is 1.50 bits per heavy atom. The van der Waals surface area contributed by atoms with Crippen molar-refractivity contribution in [3.8, 4) is 0 Å². The van der Waals surface area contributed by atoms with Crippen LogP contribution in [0.25, 0.3) is 0 Å². The molecule has 0 unspecified atom stereocenters. The third-order valence-electron chi connectivity index (χ3n) is 0.607. The molecular weight excluding hydrogens is 490 g/mol. The Hall–Kier alpha value is 0.986. The van der Waals surface area contributed by atoms with Crippen LogP contribution in [0.3, 0.4) is 0 Å². The fourth-order valence-corrected chi connectivity index (χ4v) is 0.342. The van der Waals surface area contributed by atoms with E-state index in [4.69, 9.17) is 0 Å². The average molecular weight is 497 g/mol. The smallest absolute Gasteiger partial charge is 0 e. The van der Waals surface area contributed by atoms with E-state index < -0.39 is 0 Å². The SMILES string of the molecule is [Bi].[Bi].[HH].[c]1ccccc1. The molecular formula is C6H7Bi2. The first-order valence-corrected chi connectivity index (χ1v) is 1.91. The molecule has 0 atom stereocenters. The molecule has 0 heterocycles. The predicted molar refractivity (Wildman–Crippen MR) is 38.9 cm³/mol. The van der Waals surface area contributed by atoms with Gasteiger partial charge in [0.2, 0.25) is 0 Å². The Balaban J connectivity index is -0.000000120. The van der Waals surface area contributed by atoms with E-state index in [0.29, 0.717) is 0 Å². The van der Waals surface area contributed by atoms with Gasteiger partial charge >= 0.3 is 0 Å². The Labute approximate surface area is 89.4 Å². The molecule has 0 aliphatic heterocycles. The van der Waals surface area contributed by atoms with E-state index in [9.17, 15) is 0 Å². The molecule has 0 N–H and O–H groups in total. The normalized spacial score (nSPS) is 6.00. The standard InChI is InChI=1S/C6H5.2Bi.H2/c1-2-4-6-5-3-1;;;/h1-5H;;;1H. The molecule has 0 fully saturated rings. The maximum atomic E-state index is 2.89. The van der Waals surface area contributed by atoms with Gasteiger partial charge in [0.05, 0.1) is 0 Å². The van der Waals surface area contributed by atoms with Crippen molar-refractivity contribution in [3.05, 3.63) is 36.4 Å². The largest absolute Gasteiger partial charge is 0.0622 e. The van der Waals surface area contributed by atoms with Crippen molar-refractivity contribution in [2.24, 2.45) is 0 Å². The number of hydrogen-bond donors (Lipinski definition) is 0.